The highest BCUT2D eigenvalue weighted by atomic mass is 16.4. The van der Waals surface area contributed by atoms with E-state index in [0.29, 0.717) is 25.7 Å². The van der Waals surface area contributed by atoms with Gasteiger partial charge in [0, 0.05) is 6.42 Å². The molecule has 84 valence electrons. The summed E-state index contributed by atoms with van der Waals surface area (Å²) in [5, 5.41) is 18.9. The first-order valence-electron chi connectivity index (χ1n) is 5.40. The van der Waals surface area contributed by atoms with Crippen LogP contribution in [0.15, 0.2) is 0 Å². The molecule has 2 N–H and O–H groups in total. The van der Waals surface area contributed by atoms with E-state index in [2.05, 4.69) is 0 Å². The lowest BCUT2D eigenvalue weighted by Crippen LogP contribution is -2.46. The number of fused-ring (bicyclic) bond motifs is 1. The normalized spacial score (nSPS) is 45.2. The van der Waals surface area contributed by atoms with Crippen molar-refractivity contribution in [2.24, 2.45) is 17.3 Å². The first-order chi connectivity index (χ1) is 6.97. The van der Waals surface area contributed by atoms with Crippen LogP contribution < -0.4 is 0 Å². The Kier molecular flexibility index (Phi) is 2.34. The predicted molar refractivity (Wildman–Crippen MR) is 52.2 cm³/mol. The lowest BCUT2D eigenvalue weighted by atomic mass is 9.63. The Morgan fingerprint density at radius 3 is 2.73 bits per heavy atom. The van der Waals surface area contributed by atoms with Gasteiger partial charge < -0.3 is 10.2 Å². The molecule has 4 nitrogen and oxygen atoms in total. The van der Waals surface area contributed by atoms with Gasteiger partial charge in [-0.25, -0.2) is 0 Å². The van der Waals surface area contributed by atoms with Crippen molar-refractivity contribution < 1.29 is 19.8 Å². The van der Waals surface area contributed by atoms with Crippen molar-refractivity contribution in [1.29, 1.82) is 0 Å². The van der Waals surface area contributed by atoms with E-state index in [-0.39, 0.29) is 17.1 Å². The number of rotatable bonds is 1. The van der Waals surface area contributed by atoms with E-state index in [1.54, 1.807) is 0 Å². The zero-order chi connectivity index (χ0) is 11.2. The number of aliphatic carboxylic acids is 1. The summed E-state index contributed by atoms with van der Waals surface area (Å²) in [6.07, 6.45) is 1.75. The number of hydrogen-bond donors (Lipinski definition) is 2. The quantitative estimate of drug-likeness (QED) is 0.631. The number of hydrogen-bond acceptors (Lipinski definition) is 3. The Morgan fingerprint density at radius 1 is 1.47 bits per heavy atom. The molecule has 2 aliphatic carbocycles. The molecule has 0 amide bonds. The predicted octanol–water partition coefficient (Wildman–Crippen LogP) is 0.827. The average molecular weight is 212 g/mol. The fourth-order valence-corrected chi connectivity index (χ4v) is 3.23. The minimum atomic E-state index is -1.02. The second-order valence-electron chi connectivity index (χ2n) is 4.99. The molecule has 2 rings (SSSR count). The Morgan fingerprint density at radius 2 is 2.13 bits per heavy atom. The van der Waals surface area contributed by atoms with Gasteiger partial charge in [-0.15, -0.1) is 0 Å². The van der Waals surface area contributed by atoms with E-state index >= 15 is 0 Å². The monoisotopic (exact) mass is 212 g/mol. The van der Waals surface area contributed by atoms with Crippen molar-refractivity contribution in [2.75, 3.05) is 0 Å². The molecule has 0 aromatic carbocycles. The van der Waals surface area contributed by atoms with E-state index in [0.717, 1.165) is 0 Å². The molecule has 15 heavy (non-hydrogen) atoms. The van der Waals surface area contributed by atoms with E-state index < -0.39 is 18.0 Å². The lowest BCUT2D eigenvalue weighted by molar-refractivity contribution is -0.155. The second-order valence-corrected chi connectivity index (χ2v) is 4.99. The Bertz CT molecular complexity index is 312. The smallest absolute Gasteiger partial charge is 0.314 e. The number of carbonyl (C=O) groups is 2. The van der Waals surface area contributed by atoms with Gasteiger partial charge in [0.2, 0.25) is 0 Å². The summed E-state index contributed by atoms with van der Waals surface area (Å²) in [4.78, 5) is 22.6. The summed E-state index contributed by atoms with van der Waals surface area (Å²) in [5.41, 5.74) is -0.364. The number of carbonyl (C=O) groups excluding carboxylic acids is 1. The zero-order valence-electron chi connectivity index (χ0n) is 8.77. The standard InChI is InChI=1S/C11H16O4/c1-11-5-4-7(12)9(10(14)15)6(11)2-3-8(11)13/h6,8-9,13H,2-5H2,1H3,(H,14,15). The summed E-state index contributed by atoms with van der Waals surface area (Å²) in [6.45, 7) is 1.91. The topological polar surface area (TPSA) is 74.6 Å². The number of carboxylic acid groups (broad SMARTS) is 1. The molecule has 2 fully saturated rings. The third kappa shape index (κ3) is 1.39. The van der Waals surface area contributed by atoms with Crippen LogP contribution in [0.25, 0.3) is 0 Å². The van der Waals surface area contributed by atoms with E-state index in [1.165, 1.54) is 0 Å². The number of Topliss-reactive ketones (excluding diaryl/α,β-unsaturated/α-hetero) is 1. The largest absolute Gasteiger partial charge is 0.481 e. The summed E-state index contributed by atoms with van der Waals surface area (Å²) in [7, 11) is 0. The molecule has 2 saturated carbocycles. The van der Waals surface area contributed by atoms with E-state index in [1.807, 2.05) is 6.92 Å². The third-order valence-corrected chi connectivity index (χ3v) is 4.28. The highest BCUT2D eigenvalue weighted by Gasteiger charge is 2.55. The van der Waals surface area contributed by atoms with Gasteiger partial charge in [0.15, 0.2) is 0 Å². The van der Waals surface area contributed by atoms with Crippen LogP contribution in [0.3, 0.4) is 0 Å². The summed E-state index contributed by atoms with van der Waals surface area (Å²) in [6, 6.07) is 0. The summed E-state index contributed by atoms with van der Waals surface area (Å²) < 4.78 is 0. The molecule has 4 unspecified atom stereocenters. The SMILES string of the molecule is CC12CCC(=O)C(C(=O)O)C1CCC2O. The fraction of sp³-hybridized carbons (Fsp3) is 0.818. The van der Waals surface area contributed by atoms with Gasteiger partial charge >= 0.3 is 5.97 Å². The van der Waals surface area contributed by atoms with Crippen molar-refractivity contribution in [3.05, 3.63) is 0 Å². The van der Waals surface area contributed by atoms with Gasteiger partial charge in [0.05, 0.1) is 6.10 Å². The number of carboxylic acids is 1. The van der Waals surface area contributed by atoms with Crippen LogP contribution in [0.1, 0.15) is 32.6 Å². The molecular weight excluding hydrogens is 196 g/mol. The molecule has 0 aliphatic heterocycles. The Labute approximate surface area is 88.3 Å². The first kappa shape index (κ1) is 10.6. The van der Waals surface area contributed by atoms with Crippen molar-refractivity contribution in [2.45, 2.75) is 38.7 Å². The van der Waals surface area contributed by atoms with Crippen LogP contribution in [-0.2, 0) is 9.59 Å². The van der Waals surface area contributed by atoms with Gasteiger partial charge in [-0.2, -0.15) is 0 Å². The fourth-order valence-electron chi connectivity index (χ4n) is 3.23. The molecule has 0 spiro atoms. The minimum Gasteiger partial charge on any atom is -0.481 e. The van der Waals surface area contributed by atoms with E-state index in [4.69, 9.17) is 5.11 Å². The molecule has 4 heteroatoms. The highest BCUT2D eigenvalue weighted by molar-refractivity contribution is 5.99. The van der Waals surface area contributed by atoms with Crippen molar-refractivity contribution in [3.8, 4) is 0 Å². The molecule has 0 aromatic heterocycles. The highest BCUT2D eigenvalue weighted by Crippen LogP contribution is 2.53. The van der Waals surface area contributed by atoms with Gasteiger partial charge in [0.25, 0.3) is 0 Å². The maximum atomic E-state index is 11.6. The van der Waals surface area contributed by atoms with Crippen LogP contribution in [0, 0.1) is 17.3 Å². The van der Waals surface area contributed by atoms with Crippen LogP contribution in [0.2, 0.25) is 0 Å². The minimum absolute atomic E-state index is 0.168. The molecular formula is C11H16O4. The molecule has 0 saturated heterocycles. The Balaban J connectivity index is 2.33. The second kappa shape index (κ2) is 3.30. The number of ketones is 1. The van der Waals surface area contributed by atoms with Gasteiger partial charge in [-0.1, -0.05) is 6.92 Å². The van der Waals surface area contributed by atoms with Crippen LogP contribution in [-0.4, -0.2) is 28.1 Å². The molecule has 0 bridgehead atoms. The average Bonchev–Trinajstić information content (AvgIpc) is 2.44. The third-order valence-electron chi connectivity index (χ3n) is 4.28. The summed E-state index contributed by atoms with van der Waals surface area (Å²) >= 11 is 0. The molecule has 2 aliphatic rings. The first-order valence-corrected chi connectivity index (χ1v) is 5.40. The van der Waals surface area contributed by atoms with Crippen molar-refractivity contribution in [1.82, 2.24) is 0 Å². The maximum absolute atomic E-state index is 11.6. The maximum Gasteiger partial charge on any atom is 0.314 e. The van der Waals surface area contributed by atoms with Crippen molar-refractivity contribution >= 4 is 11.8 Å². The number of aliphatic hydroxyl groups excluding tert-OH is 1. The lowest BCUT2D eigenvalue weighted by Gasteiger charge is -2.40. The van der Waals surface area contributed by atoms with Crippen LogP contribution >= 0.6 is 0 Å². The van der Waals surface area contributed by atoms with Gasteiger partial charge in [-0.05, 0) is 30.6 Å². The zero-order valence-corrected chi connectivity index (χ0v) is 8.77. The number of aliphatic hydroxyl groups is 1. The molecule has 0 radical (unpaired) electrons. The molecule has 0 heterocycles. The van der Waals surface area contributed by atoms with Gasteiger partial charge in [0.1, 0.15) is 11.7 Å². The molecule has 0 aromatic rings. The van der Waals surface area contributed by atoms with E-state index in [9.17, 15) is 14.7 Å². The molecule has 4 atom stereocenters. The van der Waals surface area contributed by atoms with Gasteiger partial charge in [-0.3, -0.25) is 9.59 Å². The Hall–Kier alpha value is -0.900. The van der Waals surface area contributed by atoms with Crippen LogP contribution in [0.5, 0.6) is 0 Å². The van der Waals surface area contributed by atoms with Crippen LogP contribution in [0.4, 0.5) is 0 Å². The van der Waals surface area contributed by atoms with Crippen molar-refractivity contribution in [3.63, 3.8) is 0 Å². The summed E-state index contributed by atoms with van der Waals surface area (Å²) in [5.74, 6) is -2.25.